The number of fused-ring (bicyclic) bond motifs is 1. The number of aryl methyl sites for hydroxylation is 1. The van der Waals surface area contributed by atoms with Gasteiger partial charge in [-0.15, -0.1) is 0 Å². The first-order valence-electron chi connectivity index (χ1n) is 6.08. The molecule has 0 amide bonds. The van der Waals surface area contributed by atoms with Crippen molar-refractivity contribution in [3.63, 3.8) is 0 Å². The van der Waals surface area contributed by atoms with Gasteiger partial charge in [0, 0.05) is 23.6 Å². The minimum atomic E-state index is -1.18. The first-order valence-corrected chi connectivity index (χ1v) is 6.08. The molecule has 0 aliphatic heterocycles. The quantitative estimate of drug-likeness (QED) is 0.744. The lowest BCUT2D eigenvalue weighted by Gasteiger charge is -2.04. The van der Waals surface area contributed by atoms with Gasteiger partial charge in [-0.2, -0.15) is 0 Å². The van der Waals surface area contributed by atoms with Crippen molar-refractivity contribution in [2.75, 3.05) is 0 Å². The summed E-state index contributed by atoms with van der Waals surface area (Å²) in [5.74, 6) is -0.970. The molecule has 0 aliphatic carbocycles. The number of carbonyl (C=O) groups is 1. The first kappa shape index (κ1) is 13.0. The molecule has 2 heterocycles. The van der Waals surface area contributed by atoms with E-state index in [1.807, 2.05) is 6.92 Å². The van der Waals surface area contributed by atoms with Crippen LogP contribution in [0.2, 0.25) is 0 Å². The minimum Gasteiger partial charge on any atom is -0.475 e. The lowest BCUT2D eigenvalue weighted by atomic mass is 10.1. The summed E-state index contributed by atoms with van der Waals surface area (Å²) < 4.78 is 15.5. The molecule has 0 bridgehead atoms. The summed E-state index contributed by atoms with van der Waals surface area (Å²) >= 11 is 0. The molecule has 0 unspecified atom stereocenters. The van der Waals surface area contributed by atoms with Crippen molar-refractivity contribution in [2.45, 2.75) is 6.92 Å². The highest BCUT2D eigenvalue weighted by Crippen LogP contribution is 2.27. The molecule has 6 nitrogen and oxygen atoms in total. The van der Waals surface area contributed by atoms with E-state index < -0.39 is 11.6 Å². The van der Waals surface area contributed by atoms with Crippen molar-refractivity contribution in [1.29, 1.82) is 0 Å². The molecule has 21 heavy (non-hydrogen) atoms. The fourth-order valence-corrected chi connectivity index (χ4v) is 1.97. The van der Waals surface area contributed by atoms with E-state index in [0.717, 1.165) is 10.9 Å². The van der Waals surface area contributed by atoms with Gasteiger partial charge >= 0.3 is 11.6 Å². The van der Waals surface area contributed by atoms with E-state index in [-0.39, 0.29) is 11.7 Å². The minimum absolute atomic E-state index is 0.0433. The van der Waals surface area contributed by atoms with Gasteiger partial charge in [-0.25, -0.2) is 9.59 Å². The fraction of sp³-hybridized carbons (Fsp3) is 0.0667. The Labute approximate surface area is 118 Å². The summed E-state index contributed by atoms with van der Waals surface area (Å²) in [6.45, 7) is 1.81. The van der Waals surface area contributed by atoms with Crippen LogP contribution in [0.3, 0.4) is 0 Å². The van der Waals surface area contributed by atoms with Crippen LogP contribution >= 0.6 is 0 Å². The molecule has 2 aromatic heterocycles. The van der Waals surface area contributed by atoms with Gasteiger partial charge in [-0.3, -0.25) is 0 Å². The predicted molar refractivity (Wildman–Crippen MR) is 73.0 cm³/mol. The Bertz CT molecular complexity index is 887. The summed E-state index contributed by atoms with van der Waals surface area (Å²) in [4.78, 5) is 22.1. The summed E-state index contributed by atoms with van der Waals surface area (Å²) in [6, 6.07) is 9.09. The molecule has 1 aromatic carbocycles. The first-order chi connectivity index (χ1) is 10.0. The molecular weight excluding hydrogens is 276 g/mol. The molecule has 0 saturated heterocycles. The average Bonchev–Trinajstić information content (AvgIpc) is 2.86. The lowest BCUT2D eigenvalue weighted by molar-refractivity contribution is 0.0657. The topological polar surface area (TPSA) is 89.9 Å². The Morgan fingerprint density at radius 2 is 1.95 bits per heavy atom. The van der Waals surface area contributed by atoms with E-state index in [4.69, 9.17) is 18.7 Å². The zero-order valence-corrected chi connectivity index (χ0v) is 11.0. The standard InChI is InChI=1S/C15H10O6/c1-8-6-13(16)20-12-7-9(2-3-10(8)12)19-14-5-4-11(21-14)15(17)18/h2-7H,1H3,(H,17,18). The molecule has 0 radical (unpaired) electrons. The number of rotatable bonds is 3. The Kier molecular flexibility index (Phi) is 2.98. The van der Waals surface area contributed by atoms with Crippen molar-refractivity contribution < 1.29 is 23.5 Å². The van der Waals surface area contributed by atoms with Crippen LogP contribution in [-0.4, -0.2) is 11.1 Å². The number of ether oxygens (including phenoxy) is 1. The predicted octanol–water partition coefficient (Wildman–Crippen LogP) is 3.18. The molecule has 0 spiro atoms. The second-order valence-corrected chi connectivity index (χ2v) is 4.43. The van der Waals surface area contributed by atoms with E-state index >= 15 is 0 Å². The Morgan fingerprint density at radius 1 is 1.14 bits per heavy atom. The molecule has 3 rings (SSSR count). The number of carboxylic acids is 1. The van der Waals surface area contributed by atoms with Gasteiger partial charge in [-0.1, -0.05) is 0 Å². The van der Waals surface area contributed by atoms with Crippen LogP contribution in [0.25, 0.3) is 11.0 Å². The Hall–Kier alpha value is -3.02. The van der Waals surface area contributed by atoms with Gasteiger partial charge < -0.3 is 18.7 Å². The maximum absolute atomic E-state index is 11.4. The number of furan rings is 1. The monoisotopic (exact) mass is 286 g/mol. The highest BCUT2D eigenvalue weighted by molar-refractivity contribution is 5.84. The fourth-order valence-electron chi connectivity index (χ4n) is 1.97. The van der Waals surface area contributed by atoms with E-state index in [0.29, 0.717) is 11.3 Å². The van der Waals surface area contributed by atoms with E-state index in [1.54, 1.807) is 18.2 Å². The number of carboxylic acid groups (broad SMARTS) is 1. The van der Waals surface area contributed by atoms with E-state index in [2.05, 4.69) is 0 Å². The molecule has 3 aromatic rings. The van der Waals surface area contributed by atoms with Crippen molar-refractivity contribution >= 4 is 16.9 Å². The molecule has 0 fully saturated rings. The Morgan fingerprint density at radius 3 is 2.67 bits per heavy atom. The van der Waals surface area contributed by atoms with Gasteiger partial charge in [0.15, 0.2) is 0 Å². The number of benzene rings is 1. The highest BCUT2D eigenvalue weighted by atomic mass is 16.6. The van der Waals surface area contributed by atoms with Crippen LogP contribution in [0.4, 0.5) is 0 Å². The maximum atomic E-state index is 11.4. The zero-order valence-electron chi connectivity index (χ0n) is 11.0. The lowest BCUT2D eigenvalue weighted by Crippen LogP contribution is -1.97. The van der Waals surface area contributed by atoms with Crippen LogP contribution < -0.4 is 10.4 Å². The molecule has 1 N–H and O–H groups in total. The Balaban J connectivity index is 1.97. The number of hydrogen-bond donors (Lipinski definition) is 1. The second-order valence-electron chi connectivity index (χ2n) is 4.43. The maximum Gasteiger partial charge on any atom is 0.371 e. The molecule has 0 saturated carbocycles. The average molecular weight is 286 g/mol. The molecule has 0 atom stereocenters. The summed E-state index contributed by atoms with van der Waals surface area (Å²) in [6.07, 6.45) is 0. The van der Waals surface area contributed by atoms with Crippen LogP contribution in [0.5, 0.6) is 11.7 Å². The third-order valence-corrected chi connectivity index (χ3v) is 2.93. The molecule has 0 aliphatic rings. The van der Waals surface area contributed by atoms with Gasteiger partial charge in [0.1, 0.15) is 11.3 Å². The summed E-state index contributed by atoms with van der Waals surface area (Å²) in [5, 5.41) is 9.57. The van der Waals surface area contributed by atoms with Crippen LogP contribution in [0.1, 0.15) is 16.1 Å². The third kappa shape index (κ3) is 2.51. The van der Waals surface area contributed by atoms with Crippen LogP contribution in [0.15, 0.2) is 50.0 Å². The highest BCUT2D eigenvalue weighted by Gasteiger charge is 2.11. The van der Waals surface area contributed by atoms with Gasteiger partial charge in [0.25, 0.3) is 5.95 Å². The van der Waals surface area contributed by atoms with Gasteiger partial charge in [0.2, 0.25) is 5.76 Å². The van der Waals surface area contributed by atoms with Crippen LogP contribution in [0, 0.1) is 6.92 Å². The van der Waals surface area contributed by atoms with Crippen molar-refractivity contribution in [2.24, 2.45) is 0 Å². The zero-order chi connectivity index (χ0) is 15.0. The molecular formula is C15H10O6. The van der Waals surface area contributed by atoms with E-state index in [1.165, 1.54) is 18.2 Å². The van der Waals surface area contributed by atoms with Gasteiger partial charge in [0.05, 0.1) is 0 Å². The normalized spacial score (nSPS) is 10.7. The molecule has 6 heteroatoms. The van der Waals surface area contributed by atoms with Crippen molar-refractivity contribution in [3.8, 4) is 11.7 Å². The summed E-state index contributed by atoms with van der Waals surface area (Å²) in [7, 11) is 0. The van der Waals surface area contributed by atoms with Gasteiger partial charge in [-0.05, 0) is 30.7 Å². The second kappa shape index (κ2) is 4.82. The largest absolute Gasteiger partial charge is 0.475 e. The van der Waals surface area contributed by atoms with Crippen molar-refractivity contribution in [3.05, 3.63) is 58.1 Å². The molecule has 106 valence electrons. The van der Waals surface area contributed by atoms with E-state index in [9.17, 15) is 9.59 Å². The van der Waals surface area contributed by atoms with Crippen molar-refractivity contribution in [1.82, 2.24) is 0 Å². The van der Waals surface area contributed by atoms with Crippen LogP contribution in [-0.2, 0) is 0 Å². The number of hydrogen-bond acceptors (Lipinski definition) is 5. The number of aromatic carboxylic acids is 1. The summed E-state index contributed by atoms with van der Waals surface area (Å²) in [5.41, 5.74) is 0.754. The SMILES string of the molecule is Cc1cc(=O)oc2cc(Oc3ccc(C(=O)O)o3)ccc12. The smallest absolute Gasteiger partial charge is 0.371 e. The third-order valence-electron chi connectivity index (χ3n) is 2.93.